The molecule has 2 N–H and O–H groups in total. The molecule has 1 aromatic carbocycles. The van der Waals surface area contributed by atoms with Crippen molar-refractivity contribution >= 4 is 23.4 Å². The lowest BCUT2D eigenvalue weighted by molar-refractivity contribution is -0.124. The van der Waals surface area contributed by atoms with Crippen LogP contribution in [0.15, 0.2) is 36.4 Å². The SMILES string of the molecule is NC(=O)c1ccccc1N1C(=O)C2C3C=CC(C4CC34)C2C1=O. The van der Waals surface area contributed by atoms with E-state index in [2.05, 4.69) is 12.2 Å². The van der Waals surface area contributed by atoms with Crippen LogP contribution in [-0.4, -0.2) is 17.7 Å². The Morgan fingerprint density at radius 1 is 1.00 bits per heavy atom. The second-order valence-corrected chi connectivity index (χ2v) is 7.05. The van der Waals surface area contributed by atoms with E-state index in [4.69, 9.17) is 5.73 Å². The van der Waals surface area contributed by atoms with E-state index >= 15 is 0 Å². The highest BCUT2D eigenvalue weighted by Crippen LogP contribution is 2.65. The summed E-state index contributed by atoms with van der Waals surface area (Å²) in [7, 11) is 0. The lowest BCUT2D eigenvalue weighted by atomic mass is 9.63. The van der Waals surface area contributed by atoms with E-state index in [9.17, 15) is 14.4 Å². The molecule has 1 aliphatic heterocycles. The number of para-hydroxylation sites is 1. The zero-order chi connectivity index (χ0) is 15.9. The van der Waals surface area contributed by atoms with Gasteiger partial charge in [-0.2, -0.15) is 0 Å². The second kappa shape index (κ2) is 4.10. The van der Waals surface area contributed by atoms with Gasteiger partial charge in [0.15, 0.2) is 0 Å². The number of allylic oxidation sites excluding steroid dienone is 2. The largest absolute Gasteiger partial charge is 0.366 e. The molecule has 0 radical (unpaired) electrons. The number of primary amides is 1. The van der Waals surface area contributed by atoms with E-state index in [0.29, 0.717) is 17.5 Å². The quantitative estimate of drug-likeness (QED) is 0.661. The van der Waals surface area contributed by atoms with Crippen molar-refractivity contribution < 1.29 is 14.4 Å². The van der Waals surface area contributed by atoms with Gasteiger partial charge in [-0.1, -0.05) is 24.3 Å². The normalized spacial score (nSPS) is 39.4. The van der Waals surface area contributed by atoms with Crippen molar-refractivity contribution in [3.63, 3.8) is 0 Å². The lowest BCUT2D eigenvalue weighted by Gasteiger charge is -2.37. The topological polar surface area (TPSA) is 80.5 Å². The predicted molar refractivity (Wildman–Crippen MR) is 82.1 cm³/mol. The summed E-state index contributed by atoms with van der Waals surface area (Å²) in [5, 5.41) is 0. The third kappa shape index (κ3) is 1.49. The first-order chi connectivity index (χ1) is 11.1. The molecule has 0 aromatic heterocycles. The lowest BCUT2D eigenvalue weighted by Crippen LogP contribution is -2.40. The Balaban J connectivity index is 1.61. The van der Waals surface area contributed by atoms with Crippen LogP contribution in [0.4, 0.5) is 5.69 Å². The van der Waals surface area contributed by atoms with E-state index < -0.39 is 5.91 Å². The number of imide groups is 1. The highest BCUT2D eigenvalue weighted by atomic mass is 16.2. The Morgan fingerprint density at radius 3 is 2.13 bits per heavy atom. The van der Waals surface area contributed by atoms with Gasteiger partial charge in [-0.15, -0.1) is 0 Å². The molecule has 6 unspecified atom stereocenters. The number of amides is 3. The van der Waals surface area contributed by atoms with Crippen LogP contribution in [0.25, 0.3) is 0 Å². The minimum atomic E-state index is -0.625. The third-order valence-electron chi connectivity index (χ3n) is 6.07. The van der Waals surface area contributed by atoms with E-state index in [1.54, 1.807) is 24.3 Å². The van der Waals surface area contributed by atoms with Gasteiger partial charge in [0, 0.05) is 0 Å². The smallest absolute Gasteiger partial charge is 0.250 e. The maximum atomic E-state index is 13.0. The maximum absolute atomic E-state index is 13.0. The molecule has 1 saturated heterocycles. The molecule has 1 heterocycles. The van der Waals surface area contributed by atoms with Gasteiger partial charge < -0.3 is 5.73 Å². The van der Waals surface area contributed by atoms with Crippen LogP contribution in [0, 0.1) is 35.5 Å². The first kappa shape index (κ1) is 13.0. The molecule has 2 saturated carbocycles. The molecule has 2 bridgehead atoms. The molecule has 4 aliphatic carbocycles. The van der Waals surface area contributed by atoms with Gasteiger partial charge in [0.25, 0.3) is 5.91 Å². The zero-order valence-corrected chi connectivity index (χ0v) is 12.4. The molecule has 0 spiro atoms. The number of rotatable bonds is 2. The number of benzene rings is 1. The van der Waals surface area contributed by atoms with E-state index in [1.165, 1.54) is 4.90 Å². The van der Waals surface area contributed by atoms with E-state index in [1.807, 2.05) is 0 Å². The van der Waals surface area contributed by atoms with Gasteiger partial charge >= 0.3 is 0 Å². The standard InChI is InChI=1S/C18H16N2O3/c19-16(21)10-3-1-2-4-13(10)20-17(22)14-8-5-6-9(12-7-11(8)12)15(14)18(20)23/h1-6,8-9,11-12,14-15H,7H2,(H2,19,21). The fourth-order valence-corrected chi connectivity index (χ4v) is 5.07. The monoisotopic (exact) mass is 308 g/mol. The molecule has 116 valence electrons. The summed E-state index contributed by atoms with van der Waals surface area (Å²) in [4.78, 5) is 38.9. The number of nitrogens with two attached hydrogens (primary N) is 1. The first-order valence-corrected chi connectivity index (χ1v) is 8.04. The van der Waals surface area contributed by atoms with Crippen LogP contribution < -0.4 is 10.6 Å². The molecule has 1 aromatic rings. The number of hydrogen-bond donors (Lipinski definition) is 1. The molecular weight excluding hydrogens is 292 g/mol. The average molecular weight is 308 g/mol. The number of anilines is 1. The van der Waals surface area contributed by atoms with Gasteiger partial charge in [0.1, 0.15) is 0 Å². The van der Waals surface area contributed by atoms with Crippen molar-refractivity contribution in [2.45, 2.75) is 6.42 Å². The summed E-state index contributed by atoms with van der Waals surface area (Å²) < 4.78 is 0. The molecule has 5 nitrogen and oxygen atoms in total. The van der Waals surface area contributed by atoms with Gasteiger partial charge in [0.2, 0.25) is 11.8 Å². The summed E-state index contributed by atoms with van der Waals surface area (Å²) in [5.74, 6) is -0.000713. The van der Waals surface area contributed by atoms with Crippen LogP contribution in [0.5, 0.6) is 0 Å². The van der Waals surface area contributed by atoms with Crippen molar-refractivity contribution in [2.24, 2.45) is 41.2 Å². The summed E-state index contributed by atoms with van der Waals surface area (Å²) >= 11 is 0. The van der Waals surface area contributed by atoms with Crippen molar-refractivity contribution in [1.82, 2.24) is 0 Å². The van der Waals surface area contributed by atoms with Gasteiger partial charge in [-0.3, -0.25) is 14.4 Å². The number of hydrogen-bond acceptors (Lipinski definition) is 3. The van der Waals surface area contributed by atoms with Crippen molar-refractivity contribution in [1.29, 1.82) is 0 Å². The second-order valence-electron chi connectivity index (χ2n) is 7.05. The van der Waals surface area contributed by atoms with Crippen LogP contribution in [0.1, 0.15) is 16.8 Å². The fraction of sp³-hybridized carbons (Fsp3) is 0.389. The number of carbonyl (C=O) groups is 3. The highest BCUT2D eigenvalue weighted by molar-refractivity contribution is 6.24. The number of carbonyl (C=O) groups excluding carboxylic acids is 3. The minimum Gasteiger partial charge on any atom is -0.366 e. The maximum Gasteiger partial charge on any atom is 0.250 e. The van der Waals surface area contributed by atoms with Gasteiger partial charge in [-0.25, -0.2) is 4.90 Å². The molecule has 5 heteroatoms. The molecular formula is C18H16N2O3. The average Bonchev–Trinajstić information content (AvgIpc) is 3.32. The Morgan fingerprint density at radius 2 is 1.57 bits per heavy atom. The zero-order valence-electron chi connectivity index (χ0n) is 12.4. The molecule has 5 aliphatic rings. The van der Waals surface area contributed by atoms with Gasteiger partial charge in [0.05, 0.1) is 23.1 Å². The Hall–Kier alpha value is -2.43. The summed E-state index contributed by atoms with van der Waals surface area (Å²) in [6.45, 7) is 0. The van der Waals surface area contributed by atoms with Crippen LogP contribution in [-0.2, 0) is 9.59 Å². The molecule has 23 heavy (non-hydrogen) atoms. The van der Waals surface area contributed by atoms with E-state index in [0.717, 1.165) is 6.42 Å². The number of nitrogens with zero attached hydrogens (tertiary/aromatic N) is 1. The molecule has 3 fully saturated rings. The Labute approximate surface area is 133 Å². The molecule has 6 rings (SSSR count). The highest BCUT2D eigenvalue weighted by Gasteiger charge is 2.67. The molecule has 3 amide bonds. The van der Waals surface area contributed by atoms with Crippen molar-refractivity contribution in [3.05, 3.63) is 42.0 Å². The van der Waals surface area contributed by atoms with Crippen LogP contribution >= 0.6 is 0 Å². The van der Waals surface area contributed by atoms with Crippen LogP contribution in [0.3, 0.4) is 0 Å². The third-order valence-corrected chi connectivity index (χ3v) is 6.07. The first-order valence-electron chi connectivity index (χ1n) is 8.04. The van der Waals surface area contributed by atoms with Gasteiger partial charge in [-0.05, 0) is 42.2 Å². The van der Waals surface area contributed by atoms with Crippen molar-refractivity contribution in [3.8, 4) is 0 Å². The minimum absolute atomic E-state index is 0.168. The van der Waals surface area contributed by atoms with E-state index in [-0.39, 0.29) is 41.0 Å². The summed E-state index contributed by atoms with van der Waals surface area (Å²) in [6, 6.07) is 6.59. The van der Waals surface area contributed by atoms with Crippen molar-refractivity contribution in [2.75, 3.05) is 4.90 Å². The fourth-order valence-electron chi connectivity index (χ4n) is 5.07. The Bertz CT molecular complexity index is 763. The Kier molecular flexibility index (Phi) is 2.33. The molecule has 6 atom stereocenters. The predicted octanol–water partition coefficient (Wildman–Crippen LogP) is 1.34. The van der Waals surface area contributed by atoms with Crippen LogP contribution in [0.2, 0.25) is 0 Å². The summed E-state index contributed by atoms with van der Waals surface area (Å²) in [6.07, 6.45) is 5.40. The summed E-state index contributed by atoms with van der Waals surface area (Å²) in [5.41, 5.74) is 5.97.